The lowest BCUT2D eigenvalue weighted by Gasteiger charge is -2.16. The minimum atomic E-state index is -0.183. The molecule has 6 nitrogen and oxygen atoms in total. The molecule has 3 aromatic rings. The number of amides is 1. The van der Waals surface area contributed by atoms with Crippen molar-refractivity contribution < 1.29 is 9.90 Å². The summed E-state index contributed by atoms with van der Waals surface area (Å²) in [5, 5.41) is 12.3. The van der Waals surface area contributed by atoms with E-state index in [4.69, 9.17) is 10.7 Å². The van der Waals surface area contributed by atoms with Crippen molar-refractivity contribution >= 4 is 34.1 Å². The SMILES string of the molecule is Nc1ccc(-c2cnc(NC(=O)Cc3ccc(O)cc3)c(C3=CCCCS3)n2)cc1. The molecule has 2 aromatic carbocycles. The Morgan fingerprint density at radius 1 is 1.13 bits per heavy atom. The van der Waals surface area contributed by atoms with Gasteiger partial charge < -0.3 is 16.2 Å². The van der Waals surface area contributed by atoms with Gasteiger partial charge in [-0.25, -0.2) is 9.97 Å². The molecule has 1 aliphatic rings. The molecule has 7 heteroatoms. The molecule has 4 N–H and O–H groups in total. The number of rotatable bonds is 5. The minimum absolute atomic E-state index is 0.173. The second kappa shape index (κ2) is 9.00. The van der Waals surface area contributed by atoms with Crippen molar-refractivity contribution in [2.75, 3.05) is 16.8 Å². The summed E-state index contributed by atoms with van der Waals surface area (Å²) in [6.45, 7) is 0. The van der Waals surface area contributed by atoms with E-state index in [-0.39, 0.29) is 18.1 Å². The summed E-state index contributed by atoms with van der Waals surface area (Å²) in [5.74, 6) is 1.46. The standard InChI is InChI=1S/C23H22N4O2S/c24-17-8-6-16(7-9-17)19-14-25-23(22(26-19)20-3-1-2-12-30-20)27-21(29)13-15-4-10-18(28)11-5-15/h3-11,14,28H,1-2,12-13,24H2,(H,25,27,29). The number of aromatic hydroxyl groups is 1. The molecule has 152 valence electrons. The summed E-state index contributed by atoms with van der Waals surface area (Å²) in [6, 6.07) is 14.1. The van der Waals surface area contributed by atoms with Crippen molar-refractivity contribution in [2.24, 2.45) is 0 Å². The lowest BCUT2D eigenvalue weighted by Crippen LogP contribution is -2.17. The van der Waals surface area contributed by atoms with E-state index in [0.29, 0.717) is 17.2 Å². The predicted octanol–water partition coefficient (Wildman–Crippen LogP) is 4.48. The third kappa shape index (κ3) is 4.80. The molecule has 0 unspecified atom stereocenters. The molecule has 1 aromatic heterocycles. The fourth-order valence-electron chi connectivity index (χ4n) is 3.14. The van der Waals surface area contributed by atoms with E-state index in [9.17, 15) is 9.90 Å². The number of nitrogens with two attached hydrogens (primary N) is 1. The smallest absolute Gasteiger partial charge is 0.230 e. The number of aromatic nitrogens is 2. The molecule has 0 atom stereocenters. The summed E-state index contributed by atoms with van der Waals surface area (Å²) in [7, 11) is 0. The maximum absolute atomic E-state index is 12.6. The van der Waals surface area contributed by atoms with Gasteiger partial charge >= 0.3 is 0 Å². The largest absolute Gasteiger partial charge is 0.508 e. The highest BCUT2D eigenvalue weighted by molar-refractivity contribution is 8.08. The lowest BCUT2D eigenvalue weighted by molar-refractivity contribution is -0.115. The molecule has 0 aliphatic carbocycles. The molecule has 0 saturated heterocycles. The summed E-state index contributed by atoms with van der Waals surface area (Å²) in [5.41, 5.74) is 9.63. The summed E-state index contributed by atoms with van der Waals surface area (Å²) in [4.78, 5) is 23.0. The van der Waals surface area contributed by atoms with E-state index in [1.54, 1.807) is 42.2 Å². The molecule has 0 saturated carbocycles. The average molecular weight is 419 g/mol. The zero-order valence-corrected chi connectivity index (χ0v) is 17.2. The Morgan fingerprint density at radius 3 is 2.60 bits per heavy atom. The normalized spacial score (nSPS) is 13.5. The maximum Gasteiger partial charge on any atom is 0.230 e. The predicted molar refractivity (Wildman–Crippen MR) is 122 cm³/mol. The number of thioether (sulfide) groups is 1. The molecule has 0 radical (unpaired) electrons. The average Bonchev–Trinajstić information content (AvgIpc) is 2.77. The summed E-state index contributed by atoms with van der Waals surface area (Å²) < 4.78 is 0. The molecular formula is C23H22N4O2S. The highest BCUT2D eigenvalue weighted by Crippen LogP contribution is 2.36. The van der Waals surface area contributed by atoms with Crippen molar-refractivity contribution in [1.82, 2.24) is 9.97 Å². The van der Waals surface area contributed by atoms with Crippen LogP contribution in [0, 0.1) is 0 Å². The number of nitrogens with zero attached hydrogens (tertiary/aromatic N) is 2. The number of phenols is 1. The van der Waals surface area contributed by atoms with Crippen molar-refractivity contribution in [3.05, 3.63) is 72.1 Å². The van der Waals surface area contributed by atoms with E-state index in [1.807, 2.05) is 24.3 Å². The quantitative estimate of drug-likeness (QED) is 0.528. The molecule has 0 spiro atoms. The Morgan fingerprint density at radius 2 is 1.90 bits per heavy atom. The third-order valence-electron chi connectivity index (χ3n) is 4.71. The Balaban J connectivity index is 1.62. The third-order valence-corrected chi connectivity index (χ3v) is 5.87. The fraction of sp³-hybridized carbons (Fsp3) is 0.174. The van der Waals surface area contributed by atoms with Gasteiger partial charge in [0.2, 0.25) is 5.91 Å². The molecular weight excluding hydrogens is 396 g/mol. The van der Waals surface area contributed by atoms with Gasteiger partial charge in [0.15, 0.2) is 5.82 Å². The van der Waals surface area contributed by atoms with Gasteiger partial charge in [-0.1, -0.05) is 30.3 Å². The van der Waals surface area contributed by atoms with Crippen molar-refractivity contribution in [3.63, 3.8) is 0 Å². The van der Waals surface area contributed by atoms with Gasteiger partial charge in [0.1, 0.15) is 11.4 Å². The number of carbonyl (C=O) groups excluding carboxylic acids is 1. The minimum Gasteiger partial charge on any atom is -0.508 e. The molecule has 1 amide bonds. The number of benzene rings is 2. The first-order chi connectivity index (χ1) is 14.6. The van der Waals surface area contributed by atoms with Gasteiger partial charge in [-0.15, -0.1) is 11.8 Å². The number of allylic oxidation sites excluding steroid dienone is 1. The molecule has 2 heterocycles. The second-order valence-electron chi connectivity index (χ2n) is 7.02. The van der Waals surface area contributed by atoms with Crippen LogP contribution in [0.5, 0.6) is 5.75 Å². The van der Waals surface area contributed by atoms with E-state index in [0.717, 1.165) is 40.3 Å². The van der Waals surface area contributed by atoms with Crippen LogP contribution in [0.15, 0.2) is 60.8 Å². The van der Waals surface area contributed by atoms with Gasteiger partial charge in [0.25, 0.3) is 0 Å². The van der Waals surface area contributed by atoms with Crippen LogP contribution >= 0.6 is 11.8 Å². The number of hydrogen-bond acceptors (Lipinski definition) is 6. The number of carbonyl (C=O) groups is 1. The molecule has 30 heavy (non-hydrogen) atoms. The number of phenolic OH excluding ortho intramolecular Hbond substituents is 1. The first kappa shape index (κ1) is 20.0. The van der Waals surface area contributed by atoms with Crippen LogP contribution in [0.4, 0.5) is 11.5 Å². The van der Waals surface area contributed by atoms with Gasteiger partial charge in [-0.2, -0.15) is 0 Å². The van der Waals surface area contributed by atoms with E-state index < -0.39 is 0 Å². The van der Waals surface area contributed by atoms with Gasteiger partial charge in [0.05, 0.1) is 18.3 Å². The zero-order valence-electron chi connectivity index (χ0n) is 16.3. The number of anilines is 2. The number of hydrogen-bond donors (Lipinski definition) is 3. The van der Waals surface area contributed by atoms with Crippen LogP contribution in [-0.4, -0.2) is 26.7 Å². The Labute approximate surface area is 179 Å². The van der Waals surface area contributed by atoms with E-state index >= 15 is 0 Å². The Hall–Kier alpha value is -3.32. The lowest BCUT2D eigenvalue weighted by atomic mass is 10.1. The topological polar surface area (TPSA) is 101 Å². The summed E-state index contributed by atoms with van der Waals surface area (Å²) >= 11 is 1.73. The summed E-state index contributed by atoms with van der Waals surface area (Å²) in [6.07, 6.45) is 6.12. The van der Waals surface area contributed by atoms with E-state index in [1.165, 1.54) is 0 Å². The van der Waals surface area contributed by atoms with Gasteiger partial charge in [-0.05, 0) is 48.4 Å². The van der Waals surface area contributed by atoms with Crippen molar-refractivity contribution in [2.45, 2.75) is 19.3 Å². The monoisotopic (exact) mass is 418 g/mol. The van der Waals surface area contributed by atoms with Crippen molar-refractivity contribution in [1.29, 1.82) is 0 Å². The first-order valence-electron chi connectivity index (χ1n) is 9.72. The number of nitrogens with one attached hydrogen (secondary N) is 1. The molecule has 1 aliphatic heterocycles. The van der Waals surface area contributed by atoms with Crippen LogP contribution in [0.2, 0.25) is 0 Å². The molecule has 4 rings (SSSR count). The fourth-order valence-corrected chi connectivity index (χ4v) is 4.19. The van der Waals surface area contributed by atoms with Crippen LogP contribution in [0.1, 0.15) is 24.1 Å². The zero-order chi connectivity index (χ0) is 20.9. The first-order valence-corrected chi connectivity index (χ1v) is 10.7. The van der Waals surface area contributed by atoms with Crippen LogP contribution in [0.25, 0.3) is 16.2 Å². The van der Waals surface area contributed by atoms with Gasteiger partial charge in [0, 0.05) is 16.2 Å². The van der Waals surface area contributed by atoms with Gasteiger partial charge in [-0.3, -0.25) is 4.79 Å². The maximum atomic E-state index is 12.6. The van der Waals surface area contributed by atoms with Crippen molar-refractivity contribution in [3.8, 4) is 17.0 Å². The highest BCUT2D eigenvalue weighted by atomic mass is 32.2. The van der Waals surface area contributed by atoms with E-state index in [2.05, 4.69) is 16.4 Å². The Bertz CT molecular complexity index is 1080. The highest BCUT2D eigenvalue weighted by Gasteiger charge is 2.18. The second-order valence-corrected chi connectivity index (χ2v) is 8.16. The van der Waals surface area contributed by atoms with Crippen LogP contribution in [-0.2, 0) is 11.2 Å². The molecule has 0 bridgehead atoms. The Kier molecular flexibility index (Phi) is 5.99. The molecule has 0 fully saturated rings. The number of nitrogen functional groups attached to an aromatic ring is 1. The van der Waals surface area contributed by atoms with Crippen LogP contribution < -0.4 is 11.1 Å². The van der Waals surface area contributed by atoms with Crippen LogP contribution in [0.3, 0.4) is 0 Å².